The fourth-order valence-corrected chi connectivity index (χ4v) is 2.63. The van der Waals surface area contributed by atoms with E-state index in [9.17, 15) is 9.59 Å². The Morgan fingerprint density at radius 1 is 1.35 bits per heavy atom. The van der Waals surface area contributed by atoms with E-state index in [1.54, 1.807) is 29.2 Å². The fraction of sp³-hybridized carbons (Fsp3) is 0.529. The molecule has 0 bridgehead atoms. The lowest BCUT2D eigenvalue weighted by atomic mass is 9.97. The Morgan fingerprint density at radius 3 is 2.91 bits per heavy atom. The van der Waals surface area contributed by atoms with Crippen LogP contribution in [0.15, 0.2) is 24.3 Å². The average molecular weight is 321 g/mol. The minimum absolute atomic E-state index is 0.147. The topological polar surface area (TPSA) is 76.1 Å². The van der Waals surface area contributed by atoms with Crippen LogP contribution in [0.3, 0.4) is 0 Å². The Bertz CT molecular complexity index is 546. The Hall–Kier alpha value is -2.08. The molecule has 2 rings (SSSR count). The van der Waals surface area contributed by atoms with Crippen LogP contribution in [0, 0.1) is 5.92 Å². The van der Waals surface area contributed by atoms with Crippen molar-refractivity contribution in [1.82, 2.24) is 4.90 Å². The van der Waals surface area contributed by atoms with Crippen LogP contribution in [0.1, 0.15) is 30.1 Å². The minimum Gasteiger partial charge on any atom is -0.491 e. The van der Waals surface area contributed by atoms with Gasteiger partial charge in [0.1, 0.15) is 12.4 Å². The lowest BCUT2D eigenvalue weighted by molar-refractivity contribution is -0.143. The Balaban J connectivity index is 1.97. The van der Waals surface area contributed by atoms with E-state index in [1.165, 1.54) is 0 Å². The smallest absolute Gasteiger partial charge is 0.308 e. The largest absolute Gasteiger partial charge is 0.491 e. The minimum atomic E-state index is -0.837. The molecule has 6 heteroatoms. The summed E-state index contributed by atoms with van der Waals surface area (Å²) in [7, 11) is 0. The van der Waals surface area contributed by atoms with Crippen LogP contribution >= 0.6 is 0 Å². The highest BCUT2D eigenvalue weighted by Gasteiger charge is 2.28. The van der Waals surface area contributed by atoms with Crippen molar-refractivity contribution in [2.75, 3.05) is 32.9 Å². The second kappa shape index (κ2) is 8.53. The molecule has 1 atom stereocenters. The zero-order valence-corrected chi connectivity index (χ0v) is 13.4. The number of hydrogen-bond acceptors (Lipinski definition) is 4. The zero-order chi connectivity index (χ0) is 16.7. The summed E-state index contributed by atoms with van der Waals surface area (Å²) >= 11 is 0. The van der Waals surface area contributed by atoms with Gasteiger partial charge in [-0.1, -0.05) is 6.07 Å². The second-order valence-corrected chi connectivity index (χ2v) is 5.50. The first-order valence-corrected chi connectivity index (χ1v) is 7.94. The SMILES string of the molecule is CCOCCOc1cccc(C(=O)N2CCCC(C(=O)O)C2)c1. The molecule has 126 valence electrons. The van der Waals surface area contributed by atoms with Crippen LogP contribution in [0.4, 0.5) is 0 Å². The predicted molar refractivity (Wildman–Crippen MR) is 84.7 cm³/mol. The third-order valence-corrected chi connectivity index (χ3v) is 3.84. The van der Waals surface area contributed by atoms with E-state index in [0.717, 1.165) is 0 Å². The van der Waals surface area contributed by atoms with Gasteiger partial charge in [0.15, 0.2) is 0 Å². The van der Waals surface area contributed by atoms with Crippen LogP contribution in [0.25, 0.3) is 0 Å². The number of amides is 1. The van der Waals surface area contributed by atoms with Gasteiger partial charge in [-0.05, 0) is 38.0 Å². The summed E-state index contributed by atoms with van der Waals surface area (Å²) < 4.78 is 10.8. The monoisotopic (exact) mass is 321 g/mol. The first kappa shape index (κ1) is 17.3. The highest BCUT2D eigenvalue weighted by atomic mass is 16.5. The lowest BCUT2D eigenvalue weighted by Gasteiger charge is -2.30. The first-order valence-electron chi connectivity index (χ1n) is 7.94. The van der Waals surface area contributed by atoms with Crippen molar-refractivity contribution in [2.45, 2.75) is 19.8 Å². The van der Waals surface area contributed by atoms with Gasteiger partial charge in [0.05, 0.1) is 12.5 Å². The number of carboxylic acid groups (broad SMARTS) is 1. The maximum Gasteiger partial charge on any atom is 0.308 e. The number of carboxylic acids is 1. The van der Waals surface area contributed by atoms with Crippen molar-refractivity contribution in [3.8, 4) is 5.75 Å². The molecule has 0 aromatic heterocycles. The van der Waals surface area contributed by atoms with Gasteiger partial charge in [-0.15, -0.1) is 0 Å². The molecule has 1 aromatic carbocycles. The number of carbonyl (C=O) groups is 2. The van der Waals surface area contributed by atoms with Gasteiger partial charge >= 0.3 is 5.97 Å². The molecule has 1 N–H and O–H groups in total. The van der Waals surface area contributed by atoms with E-state index in [1.807, 2.05) is 6.92 Å². The Morgan fingerprint density at radius 2 is 2.17 bits per heavy atom. The Kier molecular flexibility index (Phi) is 6.40. The summed E-state index contributed by atoms with van der Waals surface area (Å²) in [6.07, 6.45) is 1.34. The van der Waals surface area contributed by atoms with Crippen molar-refractivity contribution >= 4 is 11.9 Å². The summed E-state index contributed by atoms with van der Waals surface area (Å²) in [5, 5.41) is 9.12. The van der Waals surface area contributed by atoms with Gasteiger partial charge in [-0.3, -0.25) is 9.59 Å². The van der Waals surface area contributed by atoms with Gasteiger partial charge in [-0.2, -0.15) is 0 Å². The highest BCUT2D eigenvalue weighted by molar-refractivity contribution is 5.95. The number of carbonyl (C=O) groups excluding carboxylic acids is 1. The van der Waals surface area contributed by atoms with Crippen LogP contribution in [0.5, 0.6) is 5.75 Å². The van der Waals surface area contributed by atoms with Crippen molar-refractivity contribution in [2.24, 2.45) is 5.92 Å². The zero-order valence-electron chi connectivity index (χ0n) is 13.4. The van der Waals surface area contributed by atoms with Gasteiger partial charge in [-0.25, -0.2) is 0 Å². The van der Waals surface area contributed by atoms with Crippen molar-refractivity contribution in [1.29, 1.82) is 0 Å². The number of hydrogen-bond donors (Lipinski definition) is 1. The first-order chi connectivity index (χ1) is 11.1. The molecule has 0 spiro atoms. The number of likely N-dealkylation sites (tertiary alicyclic amines) is 1. The molecule has 1 fully saturated rings. The van der Waals surface area contributed by atoms with E-state index < -0.39 is 11.9 Å². The quantitative estimate of drug-likeness (QED) is 0.778. The molecule has 1 saturated heterocycles. The molecule has 1 aliphatic heterocycles. The molecule has 23 heavy (non-hydrogen) atoms. The van der Waals surface area contributed by atoms with E-state index in [2.05, 4.69) is 0 Å². The molecule has 0 saturated carbocycles. The molecule has 1 aromatic rings. The van der Waals surface area contributed by atoms with Gasteiger partial charge in [0.25, 0.3) is 5.91 Å². The van der Waals surface area contributed by atoms with Gasteiger partial charge in [0.2, 0.25) is 0 Å². The van der Waals surface area contributed by atoms with Crippen molar-refractivity contribution in [3.05, 3.63) is 29.8 Å². The van der Waals surface area contributed by atoms with E-state index in [4.69, 9.17) is 14.6 Å². The molecule has 1 aliphatic rings. The molecule has 0 aliphatic carbocycles. The third kappa shape index (κ3) is 4.96. The number of benzene rings is 1. The van der Waals surface area contributed by atoms with Crippen molar-refractivity contribution < 1.29 is 24.2 Å². The van der Waals surface area contributed by atoms with Crippen LogP contribution in [0.2, 0.25) is 0 Å². The highest BCUT2D eigenvalue weighted by Crippen LogP contribution is 2.20. The maximum absolute atomic E-state index is 12.5. The molecule has 0 radical (unpaired) electrons. The maximum atomic E-state index is 12.5. The Labute approximate surface area is 136 Å². The summed E-state index contributed by atoms with van der Waals surface area (Å²) in [5.41, 5.74) is 0.518. The number of aliphatic carboxylic acids is 1. The van der Waals surface area contributed by atoms with Gasteiger partial charge in [0, 0.05) is 25.3 Å². The molecule has 1 unspecified atom stereocenters. The third-order valence-electron chi connectivity index (χ3n) is 3.84. The second-order valence-electron chi connectivity index (χ2n) is 5.50. The van der Waals surface area contributed by atoms with E-state index in [-0.39, 0.29) is 12.5 Å². The normalized spacial score (nSPS) is 17.8. The number of piperidine rings is 1. The average Bonchev–Trinajstić information content (AvgIpc) is 2.58. The molecule has 6 nitrogen and oxygen atoms in total. The van der Waals surface area contributed by atoms with E-state index >= 15 is 0 Å². The summed E-state index contributed by atoms with van der Waals surface area (Å²) in [6.45, 7) is 4.35. The van der Waals surface area contributed by atoms with Crippen LogP contribution in [-0.4, -0.2) is 54.8 Å². The molecule has 1 amide bonds. The van der Waals surface area contributed by atoms with Crippen LogP contribution in [-0.2, 0) is 9.53 Å². The van der Waals surface area contributed by atoms with Gasteiger partial charge < -0.3 is 19.5 Å². The number of nitrogens with zero attached hydrogens (tertiary/aromatic N) is 1. The fourth-order valence-electron chi connectivity index (χ4n) is 2.63. The summed E-state index contributed by atoms with van der Waals surface area (Å²) in [6, 6.07) is 6.97. The lowest BCUT2D eigenvalue weighted by Crippen LogP contribution is -2.42. The van der Waals surface area contributed by atoms with E-state index in [0.29, 0.717) is 50.5 Å². The standard InChI is InChI=1S/C17H23NO5/c1-2-22-9-10-23-15-7-3-5-13(11-15)16(19)18-8-4-6-14(12-18)17(20)21/h3,5,7,11,14H,2,4,6,8-10,12H2,1H3,(H,20,21). The number of rotatable bonds is 7. The van der Waals surface area contributed by atoms with Crippen LogP contribution < -0.4 is 4.74 Å². The van der Waals surface area contributed by atoms with Crippen molar-refractivity contribution in [3.63, 3.8) is 0 Å². The molecular weight excluding hydrogens is 298 g/mol. The molecule has 1 heterocycles. The molecular formula is C17H23NO5. The predicted octanol–water partition coefficient (Wildman–Crippen LogP) is 2.04. The number of ether oxygens (including phenoxy) is 2. The summed E-state index contributed by atoms with van der Waals surface area (Å²) in [5.74, 6) is -0.845. The summed E-state index contributed by atoms with van der Waals surface area (Å²) in [4.78, 5) is 25.3.